The van der Waals surface area contributed by atoms with Crippen LogP contribution in [0.2, 0.25) is 0 Å². The van der Waals surface area contributed by atoms with Gasteiger partial charge in [-0.15, -0.1) is 5.10 Å². The van der Waals surface area contributed by atoms with Crippen molar-refractivity contribution < 1.29 is 4.74 Å². The van der Waals surface area contributed by atoms with Crippen molar-refractivity contribution in [2.75, 3.05) is 25.2 Å². The van der Waals surface area contributed by atoms with E-state index in [1.165, 1.54) is 5.56 Å². The van der Waals surface area contributed by atoms with E-state index >= 15 is 0 Å². The molecule has 5 rings (SSSR count). The van der Waals surface area contributed by atoms with Crippen LogP contribution in [0, 0.1) is 6.92 Å². The SMILES string of the molecule is COCCn1nnnc1[C@H](c1cc2ccc(C)cc2[nH]c1=O)N1CCc2ccccc21. The Bertz CT molecular complexity index is 1290. The minimum absolute atomic E-state index is 0.131. The first-order valence-electron chi connectivity index (χ1n) is 10.4. The number of hydrogen-bond acceptors (Lipinski definition) is 6. The highest BCUT2D eigenvalue weighted by Crippen LogP contribution is 2.37. The maximum atomic E-state index is 13.3. The van der Waals surface area contributed by atoms with Gasteiger partial charge in [0.2, 0.25) is 0 Å². The fourth-order valence-corrected chi connectivity index (χ4v) is 4.36. The maximum absolute atomic E-state index is 13.3. The number of H-pyrrole nitrogens is 1. The summed E-state index contributed by atoms with van der Waals surface area (Å²) in [4.78, 5) is 18.6. The number of pyridine rings is 1. The number of para-hydroxylation sites is 1. The molecule has 1 aliphatic heterocycles. The number of nitrogens with zero attached hydrogens (tertiary/aromatic N) is 5. The van der Waals surface area contributed by atoms with Gasteiger partial charge in [0.15, 0.2) is 5.82 Å². The largest absolute Gasteiger partial charge is 0.383 e. The third-order valence-electron chi connectivity index (χ3n) is 5.87. The van der Waals surface area contributed by atoms with Gasteiger partial charge < -0.3 is 14.6 Å². The Hall–Kier alpha value is -3.52. The van der Waals surface area contributed by atoms with Crippen LogP contribution in [0.5, 0.6) is 0 Å². The first kappa shape index (κ1) is 19.4. The molecule has 2 aromatic heterocycles. The Morgan fingerprint density at radius 1 is 1.19 bits per heavy atom. The molecule has 0 fully saturated rings. The lowest BCUT2D eigenvalue weighted by atomic mass is 10.0. The number of hydrogen-bond donors (Lipinski definition) is 1. The molecule has 0 bridgehead atoms. The number of fused-ring (bicyclic) bond motifs is 2. The van der Waals surface area contributed by atoms with Gasteiger partial charge in [-0.05, 0) is 58.5 Å². The molecule has 8 nitrogen and oxygen atoms in total. The standard InChI is InChI=1S/C23H24N6O2/c1-15-7-8-17-14-18(23(30)24-19(17)13-15)21(22-25-26-27-29(22)11-12-31-2)28-10-9-16-5-3-4-6-20(16)28/h3-8,13-14,21H,9-12H2,1-2H3,(H,24,30)/t21-/m0/s1. The summed E-state index contributed by atoms with van der Waals surface area (Å²) in [6.07, 6.45) is 0.914. The molecule has 31 heavy (non-hydrogen) atoms. The van der Waals surface area contributed by atoms with Crippen LogP contribution in [-0.2, 0) is 17.7 Å². The van der Waals surface area contributed by atoms with Crippen LogP contribution in [0.15, 0.2) is 53.3 Å². The number of aromatic amines is 1. The van der Waals surface area contributed by atoms with Crippen molar-refractivity contribution in [3.8, 4) is 0 Å². The van der Waals surface area contributed by atoms with Gasteiger partial charge in [0.05, 0.1) is 13.2 Å². The molecule has 4 aromatic rings. The van der Waals surface area contributed by atoms with Crippen molar-refractivity contribution >= 4 is 16.6 Å². The number of ether oxygens (including phenoxy) is 1. The molecule has 8 heteroatoms. The summed E-state index contributed by atoms with van der Waals surface area (Å²) in [5.41, 5.74) is 4.79. The van der Waals surface area contributed by atoms with Crippen molar-refractivity contribution in [2.24, 2.45) is 0 Å². The smallest absolute Gasteiger partial charge is 0.254 e. The van der Waals surface area contributed by atoms with E-state index in [-0.39, 0.29) is 5.56 Å². The van der Waals surface area contributed by atoms with Crippen molar-refractivity contribution in [2.45, 2.75) is 25.9 Å². The van der Waals surface area contributed by atoms with Crippen LogP contribution in [0.25, 0.3) is 10.9 Å². The van der Waals surface area contributed by atoms with Crippen LogP contribution >= 0.6 is 0 Å². The fraction of sp³-hybridized carbons (Fsp3) is 0.304. The molecule has 0 radical (unpaired) electrons. The highest BCUT2D eigenvalue weighted by atomic mass is 16.5. The van der Waals surface area contributed by atoms with E-state index in [1.54, 1.807) is 11.8 Å². The van der Waals surface area contributed by atoms with Gasteiger partial charge in [-0.25, -0.2) is 4.68 Å². The van der Waals surface area contributed by atoms with Crippen molar-refractivity contribution in [3.63, 3.8) is 0 Å². The van der Waals surface area contributed by atoms with E-state index in [1.807, 2.05) is 43.3 Å². The summed E-state index contributed by atoms with van der Waals surface area (Å²) in [7, 11) is 1.65. The van der Waals surface area contributed by atoms with E-state index in [2.05, 4.69) is 37.5 Å². The summed E-state index contributed by atoms with van der Waals surface area (Å²) < 4.78 is 6.96. The summed E-state index contributed by atoms with van der Waals surface area (Å²) in [5.74, 6) is 0.630. The van der Waals surface area contributed by atoms with E-state index in [0.717, 1.165) is 35.1 Å². The number of methoxy groups -OCH3 is 1. The van der Waals surface area contributed by atoms with Crippen molar-refractivity contribution in [1.29, 1.82) is 0 Å². The molecule has 1 atom stereocenters. The summed E-state index contributed by atoms with van der Waals surface area (Å²) in [6.45, 7) is 3.79. The van der Waals surface area contributed by atoms with E-state index in [0.29, 0.717) is 24.5 Å². The van der Waals surface area contributed by atoms with Crippen LogP contribution in [0.4, 0.5) is 5.69 Å². The first-order chi connectivity index (χ1) is 15.2. The molecule has 0 spiro atoms. The quantitative estimate of drug-likeness (QED) is 0.520. The lowest BCUT2D eigenvalue weighted by Gasteiger charge is -2.29. The van der Waals surface area contributed by atoms with Gasteiger partial charge in [-0.1, -0.05) is 30.3 Å². The summed E-state index contributed by atoms with van der Waals surface area (Å²) in [6, 6.07) is 15.9. The second-order valence-corrected chi connectivity index (χ2v) is 7.87. The highest BCUT2D eigenvalue weighted by Gasteiger charge is 2.34. The first-order valence-corrected chi connectivity index (χ1v) is 10.4. The molecule has 0 amide bonds. The Labute approximate surface area is 179 Å². The van der Waals surface area contributed by atoms with Crippen molar-refractivity contribution in [1.82, 2.24) is 25.2 Å². The van der Waals surface area contributed by atoms with Crippen molar-refractivity contribution in [3.05, 3.63) is 81.4 Å². The van der Waals surface area contributed by atoms with Crippen LogP contribution in [0.1, 0.15) is 28.6 Å². The highest BCUT2D eigenvalue weighted by molar-refractivity contribution is 5.80. The molecule has 0 aliphatic carbocycles. The monoisotopic (exact) mass is 416 g/mol. The van der Waals surface area contributed by atoms with Gasteiger partial charge >= 0.3 is 0 Å². The number of tetrazole rings is 1. The Morgan fingerprint density at radius 3 is 2.94 bits per heavy atom. The topological polar surface area (TPSA) is 88.9 Å². The number of nitrogens with one attached hydrogen (secondary N) is 1. The van der Waals surface area contributed by atoms with Crippen LogP contribution in [-0.4, -0.2) is 45.5 Å². The number of anilines is 1. The molecule has 1 aliphatic rings. The number of aryl methyl sites for hydroxylation is 1. The number of aromatic nitrogens is 5. The average Bonchev–Trinajstić information content (AvgIpc) is 3.41. The fourth-order valence-electron chi connectivity index (χ4n) is 4.36. The molecule has 3 heterocycles. The lowest BCUT2D eigenvalue weighted by Crippen LogP contribution is -2.34. The molecule has 2 aromatic carbocycles. The molecular formula is C23H24N6O2. The number of benzene rings is 2. The predicted octanol–water partition coefficient (Wildman–Crippen LogP) is 2.62. The predicted molar refractivity (Wildman–Crippen MR) is 118 cm³/mol. The summed E-state index contributed by atoms with van der Waals surface area (Å²) >= 11 is 0. The molecule has 0 unspecified atom stereocenters. The van der Waals surface area contributed by atoms with Crippen LogP contribution < -0.4 is 10.5 Å². The molecule has 0 saturated carbocycles. The zero-order valence-corrected chi connectivity index (χ0v) is 17.6. The minimum Gasteiger partial charge on any atom is -0.383 e. The second kappa shape index (κ2) is 7.96. The van der Waals surface area contributed by atoms with E-state index in [4.69, 9.17) is 4.74 Å². The zero-order chi connectivity index (χ0) is 21.4. The Kier molecular flexibility index (Phi) is 4.99. The molecule has 0 saturated heterocycles. The molecule has 158 valence electrons. The van der Waals surface area contributed by atoms with Crippen LogP contribution in [0.3, 0.4) is 0 Å². The van der Waals surface area contributed by atoms with Gasteiger partial charge in [0, 0.05) is 30.4 Å². The van der Waals surface area contributed by atoms with Gasteiger partial charge in [0.1, 0.15) is 6.04 Å². The summed E-state index contributed by atoms with van der Waals surface area (Å²) in [5, 5.41) is 13.4. The normalized spacial score (nSPS) is 14.2. The molecule has 1 N–H and O–H groups in total. The Balaban J connectivity index is 1.70. The van der Waals surface area contributed by atoms with Gasteiger partial charge in [-0.2, -0.15) is 0 Å². The Morgan fingerprint density at radius 2 is 2.06 bits per heavy atom. The maximum Gasteiger partial charge on any atom is 0.254 e. The van der Waals surface area contributed by atoms with Gasteiger partial charge in [0.25, 0.3) is 5.56 Å². The second-order valence-electron chi connectivity index (χ2n) is 7.87. The molecular weight excluding hydrogens is 392 g/mol. The van der Waals surface area contributed by atoms with Gasteiger partial charge in [-0.3, -0.25) is 4.79 Å². The third-order valence-corrected chi connectivity index (χ3v) is 5.87. The van der Waals surface area contributed by atoms with E-state index < -0.39 is 6.04 Å². The number of rotatable bonds is 6. The zero-order valence-electron chi connectivity index (χ0n) is 17.6. The minimum atomic E-state index is -0.412. The lowest BCUT2D eigenvalue weighted by molar-refractivity contribution is 0.181. The third kappa shape index (κ3) is 3.48. The van der Waals surface area contributed by atoms with E-state index in [9.17, 15) is 4.79 Å². The average molecular weight is 416 g/mol.